The predicted molar refractivity (Wildman–Crippen MR) is 271 cm³/mol. The Morgan fingerprint density at radius 2 is 0.875 bits per heavy atom. The predicted octanol–water partition coefficient (Wildman–Crippen LogP) is 17.8. The van der Waals surface area contributed by atoms with Crippen molar-refractivity contribution >= 4 is 100 Å². The number of nitrogens with zero attached hydrogens (tertiary/aromatic N) is 2. The summed E-state index contributed by atoms with van der Waals surface area (Å²) in [6, 6.07) is 83.7. The highest BCUT2D eigenvalue weighted by Crippen LogP contribution is 2.53. The second-order valence-electron chi connectivity index (χ2n) is 16.5. The minimum absolute atomic E-state index is 0.886. The van der Waals surface area contributed by atoms with Crippen molar-refractivity contribution < 1.29 is 4.42 Å². The van der Waals surface area contributed by atoms with Gasteiger partial charge in [0.2, 0.25) is 0 Å². The highest BCUT2D eigenvalue weighted by atomic mass is 32.2. The average molecular weight is 835 g/mol. The lowest BCUT2D eigenvalue weighted by Gasteiger charge is -2.30. The fraction of sp³-hybridized carbons (Fsp3) is 0. The molecule has 0 bridgehead atoms. The number of para-hydroxylation sites is 1. The lowest BCUT2D eigenvalue weighted by molar-refractivity contribution is 0.669. The molecule has 0 amide bonds. The van der Waals surface area contributed by atoms with Crippen molar-refractivity contribution in [1.82, 2.24) is 0 Å². The van der Waals surface area contributed by atoms with E-state index in [-0.39, 0.29) is 0 Å². The van der Waals surface area contributed by atoms with Crippen molar-refractivity contribution in [2.45, 2.75) is 9.79 Å². The summed E-state index contributed by atoms with van der Waals surface area (Å²) < 4.78 is 6.28. The molecule has 4 heteroatoms. The Morgan fingerprint density at radius 3 is 1.66 bits per heavy atom. The maximum Gasteiger partial charge on any atom is 0.135 e. The third-order valence-electron chi connectivity index (χ3n) is 12.8. The van der Waals surface area contributed by atoms with Crippen LogP contribution in [-0.4, -0.2) is 0 Å². The van der Waals surface area contributed by atoms with E-state index in [4.69, 9.17) is 4.42 Å². The number of anilines is 6. The molecule has 13 rings (SSSR count). The van der Waals surface area contributed by atoms with Gasteiger partial charge in [0.15, 0.2) is 0 Å². The molecular weight excluding hydrogens is 797 g/mol. The van der Waals surface area contributed by atoms with Crippen LogP contribution < -0.4 is 9.80 Å². The largest absolute Gasteiger partial charge is 0.456 e. The van der Waals surface area contributed by atoms with Gasteiger partial charge in [0.1, 0.15) is 11.2 Å². The number of benzene rings is 11. The second-order valence-corrected chi connectivity index (χ2v) is 17.6. The molecule has 0 unspecified atom stereocenters. The zero-order chi connectivity index (χ0) is 42.1. The lowest BCUT2D eigenvalue weighted by atomic mass is 9.95. The highest BCUT2D eigenvalue weighted by Gasteiger charge is 2.25. The van der Waals surface area contributed by atoms with Crippen LogP contribution in [0.4, 0.5) is 34.1 Å². The Bertz CT molecular complexity index is 3780. The molecule has 1 aliphatic heterocycles. The minimum Gasteiger partial charge on any atom is -0.456 e. The van der Waals surface area contributed by atoms with Gasteiger partial charge in [0, 0.05) is 59.8 Å². The summed E-state index contributed by atoms with van der Waals surface area (Å²) in [7, 11) is 0. The van der Waals surface area contributed by atoms with Crippen LogP contribution >= 0.6 is 11.8 Å². The van der Waals surface area contributed by atoms with E-state index in [1.54, 1.807) is 0 Å². The summed E-state index contributed by atoms with van der Waals surface area (Å²) in [6.07, 6.45) is 0. The smallest absolute Gasteiger partial charge is 0.135 e. The van der Waals surface area contributed by atoms with E-state index in [1.165, 1.54) is 64.4 Å². The third-order valence-corrected chi connectivity index (χ3v) is 13.9. The van der Waals surface area contributed by atoms with E-state index in [9.17, 15) is 0 Å². The van der Waals surface area contributed by atoms with Crippen molar-refractivity contribution in [3.63, 3.8) is 0 Å². The molecule has 1 aromatic heterocycles. The molecule has 0 fully saturated rings. The monoisotopic (exact) mass is 834 g/mol. The van der Waals surface area contributed by atoms with Crippen LogP contribution in [0.3, 0.4) is 0 Å². The van der Waals surface area contributed by atoms with E-state index in [2.05, 4.69) is 228 Å². The van der Waals surface area contributed by atoms with E-state index < -0.39 is 0 Å². The van der Waals surface area contributed by atoms with Crippen molar-refractivity contribution in [1.29, 1.82) is 0 Å². The quantitative estimate of drug-likeness (QED) is 0.159. The summed E-state index contributed by atoms with van der Waals surface area (Å²) in [6.45, 7) is 0. The van der Waals surface area contributed by atoms with Gasteiger partial charge in [0.25, 0.3) is 0 Å². The normalized spacial score (nSPS) is 12.0. The van der Waals surface area contributed by atoms with Gasteiger partial charge in [-0.25, -0.2) is 0 Å². The first-order valence-corrected chi connectivity index (χ1v) is 22.5. The van der Waals surface area contributed by atoms with Gasteiger partial charge in [0.05, 0.1) is 5.69 Å². The molecule has 0 atom stereocenters. The molecule has 2 heterocycles. The SMILES string of the molecule is c1ccc(-c2ccc(N(c3ccc4ccccc4c3)c3ccc4c5c(cccc35)Sc3cc(N(c5ccc6ccccc6c5)c5ccc6oc7ccccc7c6c5)ccc3-4)cc2)cc1. The molecule has 0 saturated carbocycles. The van der Waals surface area contributed by atoms with Crippen LogP contribution in [0.2, 0.25) is 0 Å². The van der Waals surface area contributed by atoms with Gasteiger partial charge in [-0.15, -0.1) is 0 Å². The van der Waals surface area contributed by atoms with Gasteiger partial charge in [-0.1, -0.05) is 157 Å². The Labute approximate surface area is 375 Å². The molecule has 0 radical (unpaired) electrons. The van der Waals surface area contributed by atoms with Crippen molar-refractivity contribution in [3.05, 3.63) is 231 Å². The molecule has 64 heavy (non-hydrogen) atoms. The van der Waals surface area contributed by atoms with E-state index >= 15 is 0 Å². The van der Waals surface area contributed by atoms with E-state index in [1.807, 2.05) is 23.9 Å². The molecule has 0 aliphatic carbocycles. The zero-order valence-corrected chi connectivity index (χ0v) is 35.5. The molecule has 11 aromatic carbocycles. The summed E-state index contributed by atoms with van der Waals surface area (Å²) >= 11 is 1.86. The molecule has 0 saturated heterocycles. The topological polar surface area (TPSA) is 19.6 Å². The van der Waals surface area contributed by atoms with Crippen molar-refractivity contribution in [2.75, 3.05) is 9.80 Å². The standard InChI is InChI=1S/C60H38N2OS/c1-2-11-39(12-3-1)42-21-25-45(26-22-42)62(47-28-24-41-14-5-7-16-44(41)36-47)55-33-32-52-51-31-29-49(38-59(51)64-58-20-10-18-53(55)60(52)58)61(46-27-23-40-13-4-6-15-43(40)35-46)48-30-34-57-54(37-48)50-17-8-9-19-56(50)63-57/h1-38H. The van der Waals surface area contributed by atoms with Crippen LogP contribution in [0.5, 0.6) is 0 Å². The van der Waals surface area contributed by atoms with E-state index in [0.29, 0.717) is 0 Å². The third kappa shape index (κ3) is 6.06. The van der Waals surface area contributed by atoms with Gasteiger partial charge >= 0.3 is 0 Å². The summed E-state index contributed by atoms with van der Waals surface area (Å²) in [5.41, 5.74) is 13.3. The van der Waals surface area contributed by atoms with Crippen molar-refractivity contribution in [2.24, 2.45) is 0 Å². The van der Waals surface area contributed by atoms with Crippen LogP contribution in [0.15, 0.2) is 245 Å². The summed E-state index contributed by atoms with van der Waals surface area (Å²) in [4.78, 5) is 7.29. The maximum absolute atomic E-state index is 6.28. The average Bonchev–Trinajstić information content (AvgIpc) is 3.73. The first kappa shape index (κ1) is 36.6. The van der Waals surface area contributed by atoms with E-state index in [0.717, 1.165) is 56.1 Å². The number of fused-ring (bicyclic) bond motifs is 7. The van der Waals surface area contributed by atoms with Crippen LogP contribution in [-0.2, 0) is 0 Å². The lowest BCUT2D eigenvalue weighted by Crippen LogP contribution is -2.11. The molecule has 300 valence electrons. The van der Waals surface area contributed by atoms with Crippen LogP contribution in [0.25, 0.3) is 76.5 Å². The minimum atomic E-state index is 0.886. The highest BCUT2D eigenvalue weighted by molar-refractivity contribution is 7.99. The Kier molecular flexibility index (Phi) is 8.46. The Morgan fingerprint density at radius 1 is 0.312 bits per heavy atom. The molecule has 3 nitrogen and oxygen atoms in total. The fourth-order valence-electron chi connectivity index (χ4n) is 9.73. The first-order valence-electron chi connectivity index (χ1n) is 21.7. The summed E-state index contributed by atoms with van der Waals surface area (Å²) in [5.74, 6) is 0. The maximum atomic E-state index is 6.28. The zero-order valence-electron chi connectivity index (χ0n) is 34.7. The van der Waals surface area contributed by atoms with Crippen molar-refractivity contribution in [3.8, 4) is 22.3 Å². The number of hydrogen-bond donors (Lipinski definition) is 0. The van der Waals surface area contributed by atoms with Gasteiger partial charge in [-0.3, -0.25) is 0 Å². The number of furan rings is 1. The Hall–Kier alpha value is -8.05. The van der Waals surface area contributed by atoms with Gasteiger partial charge in [-0.2, -0.15) is 0 Å². The number of rotatable bonds is 7. The fourth-order valence-corrected chi connectivity index (χ4v) is 10.9. The molecular formula is C60H38N2OS. The summed E-state index contributed by atoms with van der Waals surface area (Å²) in [5, 5.41) is 9.58. The molecule has 0 N–H and O–H groups in total. The number of hydrogen-bond acceptors (Lipinski definition) is 4. The van der Waals surface area contributed by atoms with Gasteiger partial charge < -0.3 is 14.2 Å². The van der Waals surface area contributed by atoms with Crippen LogP contribution in [0.1, 0.15) is 0 Å². The molecule has 0 spiro atoms. The molecule has 12 aromatic rings. The first-order chi connectivity index (χ1) is 31.7. The van der Waals surface area contributed by atoms with Gasteiger partial charge in [-0.05, 0) is 129 Å². The molecule has 1 aliphatic rings. The van der Waals surface area contributed by atoms with Crippen LogP contribution in [0, 0.1) is 0 Å². The second kappa shape index (κ2) is 14.8. The Balaban J connectivity index is 0.952.